The van der Waals surface area contributed by atoms with E-state index in [1.807, 2.05) is 13.8 Å². The molecule has 0 aliphatic carbocycles. The van der Waals surface area contributed by atoms with E-state index >= 15 is 0 Å². The van der Waals surface area contributed by atoms with Crippen molar-refractivity contribution in [1.82, 2.24) is 10.2 Å². The summed E-state index contributed by atoms with van der Waals surface area (Å²) >= 11 is 0. The molecule has 2 unspecified atom stereocenters. The fourth-order valence-corrected chi connectivity index (χ4v) is 3.28. The van der Waals surface area contributed by atoms with Crippen molar-refractivity contribution < 1.29 is 19.0 Å². The average Bonchev–Trinajstić information content (AvgIpc) is 2.60. The number of benzene rings is 1. The molecule has 6 nitrogen and oxygen atoms in total. The third kappa shape index (κ3) is 4.34. The number of hydrogen-bond donors (Lipinski definition) is 2. The second kappa shape index (κ2) is 8.33. The maximum atomic E-state index is 13.2. The second-order valence-electron chi connectivity index (χ2n) is 7.21. The van der Waals surface area contributed by atoms with Crippen molar-refractivity contribution >= 4 is 5.96 Å². The fraction of sp³-hybridized carbons (Fsp3) is 0.632. The number of rotatable bonds is 5. The van der Waals surface area contributed by atoms with Crippen LogP contribution in [0.15, 0.2) is 29.3 Å². The standard InChI is InChI=1S/C19H28FN3O3/c1-3-21-18(22-10-19(11-24)12-25-13-19)23-8-14(2)26-17(9-23)15-4-6-16(20)7-5-15/h4-7,14,17,24H,3,8-13H2,1-2H3,(H,21,22). The molecule has 0 amide bonds. The zero-order valence-corrected chi connectivity index (χ0v) is 15.4. The van der Waals surface area contributed by atoms with Crippen molar-refractivity contribution in [3.63, 3.8) is 0 Å². The second-order valence-corrected chi connectivity index (χ2v) is 7.21. The number of morpholine rings is 1. The van der Waals surface area contributed by atoms with Crippen LogP contribution in [0.25, 0.3) is 0 Å². The lowest BCUT2D eigenvalue weighted by molar-refractivity contribution is -0.130. The van der Waals surface area contributed by atoms with E-state index in [4.69, 9.17) is 14.5 Å². The molecule has 0 spiro atoms. The normalized spacial score (nSPS) is 25.7. The monoisotopic (exact) mass is 365 g/mol. The maximum absolute atomic E-state index is 13.2. The summed E-state index contributed by atoms with van der Waals surface area (Å²) in [7, 11) is 0. The molecule has 2 aliphatic rings. The molecule has 26 heavy (non-hydrogen) atoms. The molecule has 1 aromatic rings. The van der Waals surface area contributed by atoms with Crippen LogP contribution in [0, 0.1) is 11.2 Å². The third-order valence-electron chi connectivity index (χ3n) is 4.85. The van der Waals surface area contributed by atoms with Crippen LogP contribution in [0.1, 0.15) is 25.5 Å². The van der Waals surface area contributed by atoms with Crippen molar-refractivity contribution in [1.29, 1.82) is 0 Å². The summed E-state index contributed by atoms with van der Waals surface area (Å²) in [5.41, 5.74) is 0.701. The molecule has 3 rings (SSSR count). The van der Waals surface area contributed by atoms with Gasteiger partial charge in [0, 0.05) is 13.1 Å². The molecule has 0 aromatic heterocycles. The lowest BCUT2D eigenvalue weighted by Crippen LogP contribution is -2.52. The van der Waals surface area contributed by atoms with Crippen LogP contribution in [0.3, 0.4) is 0 Å². The lowest BCUT2D eigenvalue weighted by atomic mass is 9.87. The largest absolute Gasteiger partial charge is 0.396 e. The quantitative estimate of drug-likeness (QED) is 0.612. The molecule has 0 saturated carbocycles. The van der Waals surface area contributed by atoms with E-state index in [0.717, 1.165) is 24.6 Å². The summed E-state index contributed by atoms with van der Waals surface area (Å²) in [6.07, 6.45) is -0.108. The zero-order valence-electron chi connectivity index (χ0n) is 15.4. The van der Waals surface area contributed by atoms with Gasteiger partial charge in [-0.15, -0.1) is 0 Å². The smallest absolute Gasteiger partial charge is 0.194 e. The third-order valence-corrected chi connectivity index (χ3v) is 4.85. The average molecular weight is 365 g/mol. The number of aliphatic imine (C=N–C) groups is 1. The van der Waals surface area contributed by atoms with Gasteiger partial charge in [0.05, 0.1) is 44.4 Å². The Labute approximate surface area is 154 Å². The van der Waals surface area contributed by atoms with Crippen LogP contribution in [0.2, 0.25) is 0 Å². The van der Waals surface area contributed by atoms with Gasteiger partial charge in [0.15, 0.2) is 5.96 Å². The minimum atomic E-state index is -0.255. The Morgan fingerprint density at radius 2 is 2.08 bits per heavy atom. The molecule has 7 heteroatoms. The lowest BCUT2D eigenvalue weighted by Gasteiger charge is -2.41. The molecular formula is C19H28FN3O3. The highest BCUT2D eigenvalue weighted by atomic mass is 19.1. The predicted octanol–water partition coefficient (Wildman–Crippen LogP) is 1.56. The van der Waals surface area contributed by atoms with Gasteiger partial charge < -0.3 is 24.8 Å². The van der Waals surface area contributed by atoms with Gasteiger partial charge in [-0.2, -0.15) is 0 Å². The fourth-order valence-electron chi connectivity index (χ4n) is 3.28. The van der Waals surface area contributed by atoms with Gasteiger partial charge >= 0.3 is 0 Å². The molecule has 2 fully saturated rings. The minimum absolute atomic E-state index is 0.0292. The van der Waals surface area contributed by atoms with Gasteiger partial charge in [0.25, 0.3) is 0 Å². The van der Waals surface area contributed by atoms with E-state index in [2.05, 4.69) is 10.2 Å². The zero-order chi connectivity index (χ0) is 18.6. The van der Waals surface area contributed by atoms with Crippen molar-refractivity contribution in [3.05, 3.63) is 35.6 Å². The minimum Gasteiger partial charge on any atom is -0.396 e. The molecule has 2 aliphatic heterocycles. The number of nitrogens with zero attached hydrogens (tertiary/aromatic N) is 2. The van der Waals surface area contributed by atoms with E-state index in [0.29, 0.717) is 26.3 Å². The number of ether oxygens (including phenoxy) is 2. The van der Waals surface area contributed by atoms with Crippen molar-refractivity contribution in [2.24, 2.45) is 10.4 Å². The molecule has 2 saturated heterocycles. The van der Waals surface area contributed by atoms with Crippen LogP contribution >= 0.6 is 0 Å². The Morgan fingerprint density at radius 1 is 1.35 bits per heavy atom. The van der Waals surface area contributed by atoms with Crippen molar-refractivity contribution in [2.45, 2.75) is 26.1 Å². The van der Waals surface area contributed by atoms with E-state index in [9.17, 15) is 9.50 Å². The van der Waals surface area contributed by atoms with Crippen molar-refractivity contribution in [2.75, 3.05) is 46.0 Å². The van der Waals surface area contributed by atoms with Gasteiger partial charge in [-0.05, 0) is 31.5 Å². The number of aliphatic hydroxyl groups excluding tert-OH is 1. The molecule has 2 N–H and O–H groups in total. The van der Waals surface area contributed by atoms with E-state index in [1.165, 1.54) is 12.1 Å². The van der Waals surface area contributed by atoms with Gasteiger partial charge in [-0.1, -0.05) is 12.1 Å². The first-order chi connectivity index (χ1) is 12.5. The van der Waals surface area contributed by atoms with E-state index < -0.39 is 0 Å². The molecule has 0 radical (unpaired) electrons. The Hall–Kier alpha value is -1.70. The number of hydrogen-bond acceptors (Lipinski definition) is 4. The SMILES string of the molecule is CCNC(=NCC1(CO)COC1)N1CC(C)OC(c2ccc(F)cc2)C1. The van der Waals surface area contributed by atoms with Crippen LogP contribution in [-0.2, 0) is 9.47 Å². The van der Waals surface area contributed by atoms with Gasteiger partial charge in [0.2, 0.25) is 0 Å². The summed E-state index contributed by atoms with van der Waals surface area (Å²) in [6.45, 7) is 7.89. The number of halogens is 1. The first kappa shape index (κ1) is 19.1. The Balaban J connectivity index is 1.73. The van der Waals surface area contributed by atoms with Crippen LogP contribution in [0.4, 0.5) is 4.39 Å². The summed E-state index contributed by atoms with van der Waals surface area (Å²) < 4.78 is 24.5. The van der Waals surface area contributed by atoms with Gasteiger partial charge in [-0.3, -0.25) is 4.99 Å². The maximum Gasteiger partial charge on any atom is 0.194 e. The van der Waals surface area contributed by atoms with E-state index in [-0.39, 0.29) is 30.0 Å². The number of guanidine groups is 1. The Bertz CT molecular complexity index is 613. The van der Waals surface area contributed by atoms with Crippen LogP contribution < -0.4 is 5.32 Å². The Morgan fingerprint density at radius 3 is 2.65 bits per heavy atom. The first-order valence-corrected chi connectivity index (χ1v) is 9.18. The highest BCUT2D eigenvalue weighted by Crippen LogP contribution is 2.28. The van der Waals surface area contributed by atoms with E-state index in [1.54, 1.807) is 12.1 Å². The summed E-state index contributed by atoms with van der Waals surface area (Å²) in [6, 6.07) is 6.46. The van der Waals surface area contributed by atoms with Crippen LogP contribution in [-0.4, -0.2) is 68.1 Å². The first-order valence-electron chi connectivity index (χ1n) is 9.18. The molecule has 2 heterocycles. The molecule has 0 bridgehead atoms. The predicted molar refractivity (Wildman–Crippen MR) is 97.6 cm³/mol. The van der Waals surface area contributed by atoms with Crippen molar-refractivity contribution in [3.8, 4) is 0 Å². The summed E-state index contributed by atoms with van der Waals surface area (Å²) in [5, 5.41) is 12.9. The summed E-state index contributed by atoms with van der Waals surface area (Å²) in [4.78, 5) is 6.93. The molecular weight excluding hydrogens is 337 g/mol. The number of aliphatic hydroxyl groups is 1. The van der Waals surface area contributed by atoms with Gasteiger partial charge in [0.1, 0.15) is 11.9 Å². The highest BCUT2D eigenvalue weighted by molar-refractivity contribution is 5.80. The Kier molecular flexibility index (Phi) is 6.11. The topological polar surface area (TPSA) is 66.3 Å². The molecule has 144 valence electrons. The molecule has 2 atom stereocenters. The van der Waals surface area contributed by atoms with Crippen LogP contribution in [0.5, 0.6) is 0 Å². The number of nitrogens with one attached hydrogen (secondary N) is 1. The summed E-state index contributed by atoms with van der Waals surface area (Å²) in [5.74, 6) is 0.566. The van der Waals surface area contributed by atoms with Gasteiger partial charge in [-0.25, -0.2) is 4.39 Å². The molecule has 1 aromatic carbocycles. The highest BCUT2D eigenvalue weighted by Gasteiger charge is 2.38.